The maximum Gasteiger partial charge on any atom is 0.246 e. The van der Waals surface area contributed by atoms with E-state index in [1.54, 1.807) is 12.1 Å². The summed E-state index contributed by atoms with van der Waals surface area (Å²) >= 11 is 0. The second kappa shape index (κ2) is 14.2. The maximum atomic E-state index is 13.8. The lowest BCUT2D eigenvalue weighted by Crippen LogP contribution is -2.73. The third-order valence-corrected chi connectivity index (χ3v) is 10.5. The molecule has 2 saturated heterocycles. The topological polar surface area (TPSA) is 116 Å². The molecule has 3 fully saturated rings. The van der Waals surface area contributed by atoms with E-state index in [4.69, 9.17) is 4.74 Å². The fraction of sp³-hybridized carbons (Fsp3) is 0.576. The van der Waals surface area contributed by atoms with Crippen molar-refractivity contribution >= 4 is 34.1 Å². The average molecular weight is 648 g/mol. The molecule has 1 spiro atoms. The molecule has 1 saturated carbocycles. The van der Waals surface area contributed by atoms with Crippen molar-refractivity contribution in [2.75, 3.05) is 25.9 Å². The summed E-state index contributed by atoms with van der Waals surface area (Å²) in [6.45, 7) is 4.78. The van der Waals surface area contributed by atoms with E-state index in [0.29, 0.717) is 63.2 Å². The van der Waals surface area contributed by atoms with E-state index in [9.17, 15) is 23.1 Å². The molecule has 2 aromatic carbocycles. The van der Waals surface area contributed by atoms with Crippen molar-refractivity contribution in [2.24, 2.45) is 0 Å². The number of piperidine rings is 1. The van der Waals surface area contributed by atoms with E-state index in [-0.39, 0.29) is 29.1 Å². The van der Waals surface area contributed by atoms with Crippen LogP contribution in [-0.2, 0) is 26.0 Å². The van der Waals surface area contributed by atoms with Crippen LogP contribution in [0, 0.1) is 0 Å². The zero-order valence-corrected chi connectivity index (χ0v) is 27.4. The highest BCUT2D eigenvalue weighted by Crippen LogP contribution is 2.38. The second-order valence-electron chi connectivity index (χ2n) is 12.7. The van der Waals surface area contributed by atoms with Crippen LogP contribution in [0.25, 0.3) is 0 Å². The molecule has 242 valence electrons. The van der Waals surface area contributed by atoms with Gasteiger partial charge in [0.05, 0.1) is 10.5 Å². The minimum absolute atomic E-state index is 0. The van der Waals surface area contributed by atoms with Crippen molar-refractivity contribution in [3.05, 3.63) is 54.1 Å². The molecule has 0 radical (unpaired) electrons. The van der Waals surface area contributed by atoms with Crippen molar-refractivity contribution in [3.63, 3.8) is 0 Å². The zero-order chi connectivity index (χ0) is 30.7. The van der Waals surface area contributed by atoms with Crippen molar-refractivity contribution < 1.29 is 27.9 Å². The molecule has 2 aromatic rings. The van der Waals surface area contributed by atoms with Crippen molar-refractivity contribution in [3.8, 4) is 11.5 Å². The lowest BCUT2D eigenvalue weighted by atomic mass is 9.77. The van der Waals surface area contributed by atoms with Crippen LogP contribution in [0.2, 0.25) is 0 Å². The number of carbonyl (C=O) groups is 2. The summed E-state index contributed by atoms with van der Waals surface area (Å²) in [7, 11) is -3.26. The monoisotopic (exact) mass is 647 g/mol. The number of hydrogen-bond donors (Lipinski definition) is 2. The number of sulfone groups is 1. The summed E-state index contributed by atoms with van der Waals surface area (Å²) in [5.74, 6) is 1.11. The summed E-state index contributed by atoms with van der Waals surface area (Å²) in [5, 5.41) is 14.2. The van der Waals surface area contributed by atoms with Gasteiger partial charge in [0.25, 0.3) is 0 Å². The largest absolute Gasteiger partial charge is 0.457 e. The summed E-state index contributed by atoms with van der Waals surface area (Å²) < 4.78 is 29.3. The fourth-order valence-corrected chi connectivity index (χ4v) is 7.47. The quantitative estimate of drug-likeness (QED) is 0.379. The third kappa shape index (κ3) is 7.76. The number of nitrogens with zero attached hydrogens (tertiary/aromatic N) is 2. The Morgan fingerprint density at radius 1 is 0.932 bits per heavy atom. The Hall–Kier alpha value is -2.66. The predicted molar refractivity (Wildman–Crippen MR) is 172 cm³/mol. The number of ether oxygens (including phenoxy) is 1. The minimum Gasteiger partial charge on any atom is -0.457 e. The molecule has 2 heterocycles. The summed E-state index contributed by atoms with van der Waals surface area (Å²) in [6.07, 6.45) is 8.82. The second-order valence-corrected chi connectivity index (χ2v) is 14.7. The van der Waals surface area contributed by atoms with Crippen LogP contribution in [0.3, 0.4) is 0 Å². The van der Waals surface area contributed by atoms with Gasteiger partial charge in [-0.25, -0.2) is 8.42 Å². The normalized spacial score (nSPS) is 21.9. The molecule has 1 atom stereocenters. The molecule has 2 aliphatic heterocycles. The molecule has 2 amide bonds. The molecular weight excluding hydrogens is 602 g/mol. The zero-order valence-electron chi connectivity index (χ0n) is 25.8. The highest BCUT2D eigenvalue weighted by atomic mass is 35.5. The van der Waals surface area contributed by atoms with Crippen LogP contribution in [0.5, 0.6) is 11.5 Å². The number of unbranched alkanes of at least 4 members (excludes halogenated alkanes) is 1. The van der Waals surface area contributed by atoms with E-state index in [1.165, 1.54) is 18.4 Å². The predicted octanol–water partition coefficient (Wildman–Crippen LogP) is 4.85. The number of amides is 2. The molecule has 9 nitrogen and oxygen atoms in total. The molecule has 11 heteroatoms. The van der Waals surface area contributed by atoms with E-state index in [1.807, 2.05) is 29.2 Å². The Kier molecular flexibility index (Phi) is 11.0. The van der Waals surface area contributed by atoms with Crippen LogP contribution in [0.4, 0.5) is 0 Å². The van der Waals surface area contributed by atoms with E-state index in [0.717, 1.165) is 44.2 Å². The van der Waals surface area contributed by atoms with Crippen LogP contribution >= 0.6 is 12.4 Å². The average Bonchev–Trinajstić information content (AvgIpc) is 2.98. The summed E-state index contributed by atoms with van der Waals surface area (Å²) in [6, 6.07) is 13.5. The van der Waals surface area contributed by atoms with Gasteiger partial charge in [-0.05, 0) is 74.1 Å². The molecule has 44 heavy (non-hydrogen) atoms. The number of halogens is 1. The first-order chi connectivity index (χ1) is 20.5. The minimum atomic E-state index is -3.26. The Morgan fingerprint density at radius 3 is 2.09 bits per heavy atom. The Labute approximate surface area is 267 Å². The van der Waals surface area contributed by atoms with Gasteiger partial charge < -0.3 is 20.1 Å². The Bertz CT molecular complexity index is 1390. The third-order valence-electron chi connectivity index (χ3n) is 9.41. The SMILES string of the molecule is CCCCN1C(=O)[C@@H](CC2(O)CCCCC2)NC(=O)C12CCN(Cc1ccc(Oc3ccc(S(C)(=O)=O)cc3)cc1)CC2.Cl. The van der Waals surface area contributed by atoms with E-state index >= 15 is 0 Å². The van der Waals surface area contributed by atoms with Gasteiger partial charge in [0, 0.05) is 38.9 Å². The van der Waals surface area contributed by atoms with Gasteiger partial charge in [0.15, 0.2) is 9.84 Å². The van der Waals surface area contributed by atoms with Crippen molar-refractivity contribution in [1.29, 1.82) is 0 Å². The van der Waals surface area contributed by atoms with E-state index in [2.05, 4.69) is 17.1 Å². The molecule has 1 aliphatic carbocycles. The van der Waals surface area contributed by atoms with Gasteiger partial charge in [-0.15, -0.1) is 12.4 Å². The standard InChI is InChI=1S/C33H45N3O6S.ClH/c1-3-4-20-36-30(37)29(23-32(39)16-6-5-7-17-32)34-31(38)33(36)18-21-35(22-19-33)24-25-8-10-26(11-9-25)42-27-12-14-28(15-13-27)43(2,40)41;/h8-15,29,39H,3-7,16-24H2,1-2H3,(H,34,38);1H/t29-;/m1./s1. The van der Waals surface area contributed by atoms with Crippen LogP contribution < -0.4 is 10.1 Å². The number of benzene rings is 2. The lowest BCUT2D eigenvalue weighted by molar-refractivity contribution is -0.163. The van der Waals surface area contributed by atoms with Gasteiger partial charge in [-0.3, -0.25) is 14.5 Å². The molecule has 0 aromatic heterocycles. The van der Waals surface area contributed by atoms with Gasteiger partial charge in [0.2, 0.25) is 11.8 Å². The number of hydrogen-bond acceptors (Lipinski definition) is 7. The highest BCUT2D eigenvalue weighted by molar-refractivity contribution is 7.90. The molecule has 3 aliphatic rings. The maximum absolute atomic E-state index is 13.8. The van der Waals surface area contributed by atoms with Crippen molar-refractivity contribution in [1.82, 2.24) is 15.1 Å². The number of rotatable bonds is 10. The summed E-state index contributed by atoms with van der Waals surface area (Å²) in [4.78, 5) is 32.0. The first-order valence-corrected chi connectivity index (χ1v) is 17.5. The first-order valence-electron chi connectivity index (χ1n) is 15.7. The number of piperazine rings is 1. The number of nitrogens with one attached hydrogen (secondary N) is 1. The molecule has 5 rings (SSSR count). The Morgan fingerprint density at radius 2 is 1.52 bits per heavy atom. The first kappa shape index (κ1) is 34.2. The molecule has 0 unspecified atom stereocenters. The van der Waals surface area contributed by atoms with Gasteiger partial charge >= 0.3 is 0 Å². The van der Waals surface area contributed by atoms with Gasteiger partial charge in [-0.2, -0.15) is 0 Å². The number of likely N-dealkylation sites (tertiary alicyclic amines) is 1. The highest BCUT2D eigenvalue weighted by Gasteiger charge is 2.54. The lowest BCUT2D eigenvalue weighted by Gasteiger charge is -2.52. The summed E-state index contributed by atoms with van der Waals surface area (Å²) in [5.41, 5.74) is -0.596. The number of carbonyl (C=O) groups excluding carboxylic acids is 2. The smallest absolute Gasteiger partial charge is 0.246 e. The fourth-order valence-electron chi connectivity index (χ4n) is 6.84. The number of aliphatic hydroxyl groups is 1. The van der Waals surface area contributed by atoms with E-state index < -0.39 is 27.0 Å². The van der Waals surface area contributed by atoms with Crippen LogP contribution in [0.15, 0.2) is 53.4 Å². The van der Waals surface area contributed by atoms with Crippen molar-refractivity contribution in [2.45, 2.75) is 99.8 Å². The molecule has 2 N–H and O–H groups in total. The van der Waals surface area contributed by atoms with Gasteiger partial charge in [-0.1, -0.05) is 44.7 Å². The van der Waals surface area contributed by atoms with Gasteiger partial charge in [0.1, 0.15) is 23.1 Å². The van der Waals surface area contributed by atoms with Crippen LogP contribution in [-0.4, -0.2) is 78.2 Å². The Balaban J connectivity index is 0.00000442. The van der Waals surface area contributed by atoms with Crippen LogP contribution in [0.1, 0.15) is 76.7 Å². The molecule has 0 bridgehead atoms. The molecular formula is C33H46ClN3O6S.